The first kappa shape index (κ1) is 20.6. The maximum absolute atomic E-state index is 2.41. The van der Waals surface area contributed by atoms with E-state index in [1.54, 1.807) is 12.1 Å². The van der Waals surface area contributed by atoms with Gasteiger partial charge in [0.2, 0.25) is 0 Å². The molecule has 0 N–H and O–H groups in total. The van der Waals surface area contributed by atoms with Crippen LogP contribution in [0.5, 0.6) is 0 Å². The van der Waals surface area contributed by atoms with Crippen LogP contribution in [0.25, 0.3) is 11.1 Å². The van der Waals surface area contributed by atoms with Gasteiger partial charge < -0.3 is 24.8 Å². The van der Waals surface area contributed by atoms with Gasteiger partial charge in [-0.15, -0.1) is 0 Å². The molecule has 0 spiro atoms. The van der Waals surface area contributed by atoms with Crippen LogP contribution in [0.1, 0.15) is 43.7 Å². The van der Waals surface area contributed by atoms with E-state index in [9.17, 15) is 0 Å². The Morgan fingerprint density at radius 2 is 1.52 bits per heavy atom. The Kier molecular flexibility index (Phi) is 7.21. The molecule has 0 saturated carbocycles. The molecule has 0 amide bonds. The van der Waals surface area contributed by atoms with E-state index >= 15 is 0 Å². The van der Waals surface area contributed by atoms with Crippen molar-refractivity contribution in [2.24, 2.45) is 0 Å². The fourth-order valence-electron chi connectivity index (χ4n) is 3.86. The molecule has 0 nitrogen and oxygen atoms in total. The van der Waals surface area contributed by atoms with Crippen molar-refractivity contribution in [3.63, 3.8) is 0 Å². The second-order valence-corrected chi connectivity index (χ2v) is 10.8. The molecule has 0 aliphatic heterocycles. The Morgan fingerprint density at radius 1 is 0.960 bits per heavy atom. The minimum Gasteiger partial charge on any atom is -1.00 e. The van der Waals surface area contributed by atoms with E-state index in [0.29, 0.717) is 5.92 Å². The average molecular weight is 448 g/mol. The summed E-state index contributed by atoms with van der Waals surface area (Å²) in [7, 11) is 0. The summed E-state index contributed by atoms with van der Waals surface area (Å²) >= 11 is -0.546. The van der Waals surface area contributed by atoms with Crippen LogP contribution in [0.15, 0.2) is 69.5 Å². The molecule has 2 aromatic carbocycles. The van der Waals surface area contributed by atoms with Gasteiger partial charge in [0, 0.05) is 0 Å². The van der Waals surface area contributed by atoms with Crippen LogP contribution >= 0.6 is 0 Å². The number of fused-ring (bicyclic) bond motifs is 3. The summed E-state index contributed by atoms with van der Waals surface area (Å²) in [6.45, 7) is 4.70. The Labute approximate surface area is 174 Å². The molecule has 4 rings (SSSR count). The molecule has 0 unspecified atom stereocenters. The fraction of sp³-hybridized carbons (Fsp3) is 0.227. The third-order valence-corrected chi connectivity index (χ3v) is 8.77. The van der Waals surface area contributed by atoms with Crippen molar-refractivity contribution in [2.75, 3.05) is 0 Å². The van der Waals surface area contributed by atoms with Gasteiger partial charge in [-0.25, -0.2) is 0 Å². The third kappa shape index (κ3) is 4.00. The summed E-state index contributed by atoms with van der Waals surface area (Å²) in [6, 6.07) is 18.0. The van der Waals surface area contributed by atoms with Gasteiger partial charge in [-0.1, -0.05) is 0 Å². The monoisotopic (exact) mass is 445 g/mol. The minimum absolute atomic E-state index is 0. The van der Waals surface area contributed by atoms with Crippen molar-refractivity contribution in [1.82, 2.24) is 0 Å². The number of hydrogen-bond donors (Lipinski definition) is 0. The zero-order valence-electron chi connectivity index (χ0n) is 14.5. The summed E-state index contributed by atoms with van der Waals surface area (Å²) in [6.07, 6.45) is 7.09. The molecule has 0 radical (unpaired) electrons. The molecule has 2 aliphatic rings. The second-order valence-electron chi connectivity index (χ2n) is 6.60. The predicted octanol–water partition coefficient (Wildman–Crippen LogP) is -0.294. The Morgan fingerprint density at radius 3 is 2.04 bits per heavy atom. The summed E-state index contributed by atoms with van der Waals surface area (Å²) in [5.41, 5.74) is 7.50. The Balaban J connectivity index is 0.00000113. The quantitative estimate of drug-likeness (QED) is 0.607. The molecule has 3 heteroatoms. The van der Waals surface area contributed by atoms with Crippen molar-refractivity contribution in [1.29, 1.82) is 0 Å². The van der Waals surface area contributed by atoms with Crippen LogP contribution < -0.4 is 24.8 Å². The van der Waals surface area contributed by atoms with E-state index in [1.807, 2.05) is 0 Å². The summed E-state index contributed by atoms with van der Waals surface area (Å²) in [5.74, 6) is 0.568. The van der Waals surface area contributed by atoms with Crippen molar-refractivity contribution in [3.8, 4) is 11.1 Å². The van der Waals surface area contributed by atoms with E-state index in [0.717, 1.165) is 0 Å². The molecule has 25 heavy (non-hydrogen) atoms. The van der Waals surface area contributed by atoms with Crippen molar-refractivity contribution in [3.05, 3.63) is 80.7 Å². The largest absolute Gasteiger partial charge is 1.00 e. The summed E-state index contributed by atoms with van der Waals surface area (Å²) in [4.78, 5) is 0. The van der Waals surface area contributed by atoms with Crippen LogP contribution in [0.3, 0.4) is 0 Å². The topological polar surface area (TPSA) is 0 Å². The van der Waals surface area contributed by atoms with Crippen LogP contribution in [0.2, 0.25) is 0 Å². The van der Waals surface area contributed by atoms with E-state index in [4.69, 9.17) is 0 Å². The van der Waals surface area contributed by atoms with Crippen molar-refractivity contribution < 1.29 is 47.6 Å². The Bertz CT molecular complexity index is 816. The van der Waals surface area contributed by atoms with Gasteiger partial charge in [-0.3, -0.25) is 0 Å². The summed E-state index contributed by atoms with van der Waals surface area (Å²) in [5, 5.41) is 0. The number of allylic oxidation sites excluding steroid dienone is 4. The fourth-order valence-corrected chi connectivity index (χ4v) is 7.11. The maximum atomic E-state index is 2.41. The van der Waals surface area contributed by atoms with Gasteiger partial charge in [0.1, 0.15) is 0 Å². The van der Waals surface area contributed by atoms with Crippen molar-refractivity contribution >= 4 is 3.21 Å². The zero-order valence-corrected chi connectivity index (χ0v) is 18.5. The van der Waals surface area contributed by atoms with Crippen LogP contribution in [-0.4, -0.2) is 3.21 Å². The van der Waals surface area contributed by atoms with Crippen molar-refractivity contribution in [2.45, 2.75) is 32.6 Å². The third-order valence-electron chi connectivity index (χ3n) is 5.00. The van der Waals surface area contributed by atoms with Gasteiger partial charge in [0.05, 0.1) is 0 Å². The molecular formula is C22H21Cl2Zr. The van der Waals surface area contributed by atoms with Crippen LogP contribution in [-0.2, 0) is 22.8 Å². The minimum atomic E-state index is -0.546. The van der Waals surface area contributed by atoms with Gasteiger partial charge in [-0.2, -0.15) is 0 Å². The first-order valence-electron chi connectivity index (χ1n) is 8.38. The van der Waals surface area contributed by atoms with Gasteiger partial charge in [0.15, 0.2) is 0 Å². The molecule has 127 valence electrons. The molecule has 0 aromatic heterocycles. The molecule has 0 fully saturated rings. The number of rotatable bonds is 3. The van der Waals surface area contributed by atoms with Gasteiger partial charge >= 0.3 is 150 Å². The Hall–Kier alpha value is -0.747. The van der Waals surface area contributed by atoms with Crippen LogP contribution in [0.4, 0.5) is 0 Å². The molecule has 2 aromatic rings. The predicted molar refractivity (Wildman–Crippen MR) is 95.5 cm³/mol. The number of hydrogen-bond acceptors (Lipinski definition) is 0. The molecule has 2 aliphatic carbocycles. The van der Waals surface area contributed by atoms with E-state index in [2.05, 4.69) is 74.5 Å². The number of halogens is 2. The molecule has 0 bridgehead atoms. The zero-order chi connectivity index (χ0) is 15.8. The molecule has 0 atom stereocenters. The van der Waals surface area contributed by atoms with Gasteiger partial charge in [-0.05, 0) is 0 Å². The standard InChI is InChI=1S/C16H14.C6H7.2ClH.Zr/c1-2-7-12-13-8-3-5-10-15(13)16-11-6-4-9-14(12)16;1-6-4-2-3-5-6;;;/h3-6,8-12H,7H2,1H3;2,4H,3H2,1H3;2*1H;/q;;;;+2/p-2. The second kappa shape index (κ2) is 8.76. The van der Waals surface area contributed by atoms with E-state index in [-0.39, 0.29) is 24.8 Å². The van der Waals surface area contributed by atoms with Gasteiger partial charge in [0.25, 0.3) is 0 Å². The SMILES string of the molecule is CC1=[C](/[Zr+2]=[C](\C)CC2c3ccccc3-c3ccccc32)CC=C1.[Cl-].[Cl-]. The molecule has 0 heterocycles. The molecular weight excluding hydrogens is 426 g/mol. The number of benzene rings is 2. The van der Waals surface area contributed by atoms with Crippen LogP contribution in [0, 0.1) is 0 Å². The van der Waals surface area contributed by atoms with E-state index < -0.39 is 22.8 Å². The van der Waals surface area contributed by atoms with E-state index in [1.165, 1.54) is 35.1 Å². The first-order valence-corrected chi connectivity index (χ1v) is 10.8. The summed E-state index contributed by atoms with van der Waals surface area (Å²) < 4.78 is 3.54. The average Bonchev–Trinajstić information content (AvgIpc) is 3.11. The maximum Gasteiger partial charge on any atom is -1.00 e. The smallest absolute Gasteiger partial charge is 1.00 e. The normalized spacial score (nSPS) is 15.2. The molecule has 0 saturated heterocycles. The first-order chi connectivity index (χ1) is 11.2.